The largest absolute Gasteiger partial charge is 0.380 e. The summed E-state index contributed by atoms with van der Waals surface area (Å²) < 4.78 is 15.3. The minimum absolute atomic E-state index is 0.0620. The fraction of sp³-hybridized carbons (Fsp3) is 0.412. The normalized spacial score (nSPS) is 21.2. The van der Waals surface area contributed by atoms with Gasteiger partial charge in [-0.2, -0.15) is 5.10 Å². The van der Waals surface area contributed by atoms with Crippen molar-refractivity contribution in [2.45, 2.75) is 70.0 Å². The summed E-state index contributed by atoms with van der Waals surface area (Å²) in [5.41, 5.74) is 2.41. The molecule has 1 saturated carbocycles. The van der Waals surface area contributed by atoms with Gasteiger partial charge in [0, 0.05) is 43.5 Å². The first-order valence-corrected chi connectivity index (χ1v) is 15.9. The highest BCUT2D eigenvalue weighted by molar-refractivity contribution is 6.25. The molecule has 0 radical (unpaired) electrons. The maximum Gasteiger partial charge on any atom is 0.264 e. The number of aromatic nitrogens is 2. The van der Waals surface area contributed by atoms with Gasteiger partial charge in [-0.1, -0.05) is 24.6 Å². The van der Waals surface area contributed by atoms with Gasteiger partial charge in [0.25, 0.3) is 11.8 Å². The van der Waals surface area contributed by atoms with Crippen molar-refractivity contribution in [3.8, 4) is 0 Å². The average molecular weight is 627 g/mol. The van der Waals surface area contributed by atoms with E-state index in [1.807, 2.05) is 15.8 Å². The Morgan fingerprint density at radius 3 is 2.43 bits per heavy atom. The summed E-state index contributed by atoms with van der Waals surface area (Å²) in [4.78, 5) is 67.1. The molecule has 12 heteroatoms. The maximum atomic E-state index is 13.6. The van der Waals surface area contributed by atoms with E-state index in [9.17, 15) is 28.4 Å². The van der Waals surface area contributed by atoms with Crippen molar-refractivity contribution in [2.75, 3.05) is 18.4 Å². The second-order valence-electron chi connectivity index (χ2n) is 12.8. The predicted octanol–water partition coefficient (Wildman–Crippen LogP) is 3.61. The minimum Gasteiger partial charge on any atom is -0.380 e. The van der Waals surface area contributed by atoms with Crippen LogP contribution in [0.3, 0.4) is 0 Å². The summed E-state index contributed by atoms with van der Waals surface area (Å²) in [6, 6.07) is 10.6. The van der Waals surface area contributed by atoms with Gasteiger partial charge in [0.2, 0.25) is 17.7 Å². The molecular weight excluding hydrogens is 591 g/mol. The molecule has 1 unspecified atom stereocenters. The second-order valence-corrected chi connectivity index (χ2v) is 12.8. The average Bonchev–Trinajstić information content (AvgIpc) is 3.61. The molecule has 2 saturated heterocycles. The van der Waals surface area contributed by atoms with Crippen LogP contribution >= 0.6 is 0 Å². The molecule has 1 aliphatic carbocycles. The third kappa shape index (κ3) is 5.35. The first kappa shape index (κ1) is 29.8. The molecule has 2 aromatic carbocycles. The molecule has 5 amide bonds. The third-order valence-electron chi connectivity index (χ3n) is 9.95. The van der Waals surface area contributed by atoms with Crippen LogP contribution < -0.4 is 10.6 Å². The number of nitrogens with zero attached hydrogens (tertiary/aromatic N) is 4. The van der Waals surface area contributed by atoms with E-state index in [-0.39, 0.29) is 41.7 Å². The summed E-state index contributed by atoms with van der Waals surface area (Å²) in [7, 11) is 0. The SMILES string of the molecule is O=C1CCC(N2C(=O)c3cccc(NCc4cnn(C5CCN(C(=O)C6(Cc7ccc(F)cc7)CCC6)CC5)c4)c3C2=O)C(=O)N1. The number of nitrogens with one attached hydrogen (secondary N) is 2. The lowest BCUT2D eigenvalue weighted by Gasteiger charge is -2.45. The molecule has 46 heavy (non-hydrogen) atoms. The van der Waals surface area contributed by atoms with Crippen LogP contribution in [0.2, 0.25) is 0 Å². The molecule has 3 aromatic rings. The van der Waals surface area contributed by atoms with Crippen molar-refractivity contribution in [3.05, 3.63) is 82.9 Å². The molecule has 0 bridgehead atoms. The van der Waals surface area contributed by atoms with Gasteiger partial charge < -0.3 is 10.2 Å². The zero-order valence-electron chi connectivity index (χ0n) is 25.3. The number of hydrogen-bond acceptors (Lipinski definition) is 7. The third-order valence-corrected chi connectivity index (χ3v) is 9.95. The highest BCUT2D eigenvalue weighted by Crippen LogP contribution is 2.46. The molecule has 1 atom stereocenters. The lowest BCUT2D eigenvalue weighted by Crippen LogP contribution is -2.54. The van der Waals surface area contributed by atoms with E-state index in [1.165, 1.54) is 12.1 Å². The van der Waals surface area contributed by atoms with Gasteiger partial charge in [-0.25, -0.2) is 4.39 Å². The van der Waals surface area contributed by atoms with Crippen LogP contribution in [0.15, 0.2) is 54.9 Å². The Morgan fingerprint density at radius 1 is 0.978 bits per heavy atom. The summed E-state index contributed by atoms with van der Waals surface area (Å²) in [6.45, 7) is 1.66. The Balaban J connectivity index is 0.961. The van der Waals surface area contributed by atoms with E-state index < -0.39 is 35.1 Å². The first-order valence-electron chi connectivity index (χ1n) is 15.9. The number of imide groups is 2. The maximum absolute atomic E-state index is 13.6. The molecular formula is C34H35FN6O5. The molecule has 4 heterocycles. The molecule has 4 aliphatic rings. The van der Waals surface area contributed by atoms with Gasteiger partial charge >= 0.3 is 0 Å². The Hall–Kier alpha value is -4.87. The van der Waals surface area contributed by atoms with Crippen LogP contribution in [0.5, 0.6) is 0 Å². The molecule has 3 fully saturated rings. The standard InChI is InChI=1S/C34H35FN6O5/c35-23-7-5-21(6-8-23)17-34(13-2-14-34)33(46)39-15-11-24(12-16-39)40-20-22(19-37-40)18-36-26-4-1-3-25-29(26)32(45)41(31(25)44)27-9-10-28(42)38-30(27)43/h1,3-8,19-20,24,27,36H,2,9-18H2,(H,38,42,43). The van der Waals surface area contributed by atoms with Crippen molar-refractivity contribution in [1.82, 2.24) is 24.9 Å². The van der Waals surface area contributed by atoms with Gasteiger partial charge in [-0.05, 0) is 68.4 Å². The van der Waals surface area contributed by atoms with E-state index in [2.05, 4.69) is 15.7 Å². The van der Waals surface area contributed by atoms with Gasteiger partial charge in [0.15, 0.2) is 0 Å². The smallest absolute Gasteiger partial charge is 0.264 e. The van der Waals surface area contributed by atoms with Crippen molar-refractivity contribution < 1.29 is 28.4 Å². The molecule has 238 valence electrons. The molecule has 0 spiro atoms. The summed E-state index contributed by atoms with van der Waals surface area (Å²) in [5, 5.41) is 10.1. The highest BCUT2D eigenvalue weighted by atomic mass is 19.1. The van der Waals surface area contributed by atoms with Gasteiger partial charge in [-0.3, -0.25) is 38.9 Å². The number of rotatable bonds is 8. The predicted molar refractivity (Wildman–Crippen MR) is 164 cm³/mol. The quantitative estimate of drug-likeness (QED) is 0.365. The zero-order valence-corrected chi connectivity index (χ0v) is 25.3. The Labute approximate surface area is 265 Å². The second kappa shape index (κ2) is 11.8. The molecule has 11 nitrogen and oxygen atoms in total. The monoisotopic (exact) mass is 626 g/mol. The fourth-order valence-electron chi connectivity index (χ4n) is 7.26. The van der Waals surface area contributed by atoms with Crippen LogP contribution in [-0.2, 0) is 27.3 Å². The van der Waals surface area contributed by atoms with E-state index >= 15 is 0 Å². The summed E-state index contributed by atoms with van der Waals surface area (Å²) in [5.74, 6) is -2.24. The Morgan fingerprint density at radius 2 is 1.74 bits per heavy atom. The number of carbonyl (C=O) groups excluding carboxylic acids is 5. The first-order chi connectivity index (χ1) is 22.2. The number of piperidine rings is 2. The van der Waals surface area contributed by atoms with Crippen molar-refractivity contribution >= 4 is 35.2 Å². The number of fused-ring (bicyclic) bond motifs is 1. The van der Waals surface area contributed by atoms with Crippen LogP contribution in [0.4, 0.5) is 10.1 Å². The lowest BCUT2D eigenvalue weighted by atomic mass is 9.64. The van der Waals surface area contributed by atoms with Crippen LogP contribution in [0.1, 0.15) is 82.8 Å². The van der Waals surface area contributed by atoms with Crippen molar-refractivity contribution in [3.63, 3.8) is 0 Å². The summed E-state index contributed by atoms with van der Waals surface area (Å²) in [6.07, 6.45) is 8.84. The zero-order chi connectivity index (χ0) is 32.0. The Kier molecular flexibility index (Phi) is 7.66. The topological polar surface area (TPSA) is 134 Å². The molecule has 7 rings (SSSR count). The van der Waals surface area contributed by atoms with Gasteiger partial charge in [-0.15, -0.1) is 0 Å². The van der Waals surface area contributed by atoms with E-state index in [0.29, 0.717) is 31.7 Å². The molecule has 3 aliphatic heterocycles. The number of likely N-dealkylation sites (tertiary alicyclic amines) is 1. The lowest BCUT2D eigenvalue weighted by molar-refractivity contribution is -0.149. The highest BCUT2D eigenvalue weighted by Gasteiger charge is 2.47. The summed E-state index contributed by atoms with van der Waals surface area (Å²) >= 11 is 0. The van der Waals surface area contributed by atoms with Crippen LogP contribution in [-0.4, -0.2) is 68.2 Å². The minimum atomic E-state index is -1.02. The molecule has 1 aromatic heterocycles. The van der Waals surface area contributed by atoms with Crippen molar-refractivity contribution in [2.24, 2.45) is 5.41 Å². The number of benzene rings is 2. The fourth-order valence-corrected chi connectivity index (χ4v) is 7.26. The van der Waals surface area contributed by atoms with Gasteiger partial charge in [0.1, 0.15) is 11.9 Å². The van der Waals surface area contributed by atoms with Crippen LogP contribution in [0, 0.1) is 11.2 Å². The van der Waals surface area contributed by atoms with E-state index in [1.54, 1.807) is 36.5 Å². The Bertz CT molecular complexity index is 1720. The van der Waals surface area contributed by atoms with E-state index in [0.717, 1.165) is 48.1 Å². The number of hydrogen-bond donors (Lipinski definition) is 2. The number of halogens is 1. The van der Waals surface area contributed by atoms with E-state index in [4.69, 9.17) is 0 Å². The molecule has 2 N–H and O–H groups in total. The number of amides is 5. The van der Waals surface area contributed by atoms with Crippen molar-refractivity contribution in [1.29, 1.82) is 0 Å². The van der Waals surface area contributed by atoms with Gasteiger partial charge in [0.05, 0.1) is 28.8 Å². The number of anilines is 1. The van der Waals surface area contributed by atoms with Crippen LogP contribution in [0.25, 0.3) is 0 Å². The number of carbonyl (C=O) groups is 5.